The van der Waals surface area contributed by atoms with Crippen LogP contribution in [0.4, 0.5) is 4.39 Å². The smallest absolute Gasteiger partial charge is 0.332 e. The van der Waals surface area contributed by atoms with Crippen LogP contribution in [0.25, 0.3) is 0 Å². The summed E-state index contributed by atoms with van der Waals surface area (Å²) in [7, 11) is 1.12. The number of carbonyl (C=O) groups is 3. The van der Waals surface area contributed by atoms with E-state index in [-0.39, 0.29) is 6.61 Å². The minimum absolute atomic E-state index is 0.359. The van der Waals surface area contributed by atoms with Crippen molar-refractivity contribution >= 4 is 17.8 Å². The number of amides is 2. The molecule has 0 saturated carbocycles. The molecule has 1 aliphatic rings. The highest BCUT2D eigenvalue weighted by atomic mass is 19.1. The predicted octanol–water partition coefficient (Wildman–Crippen LogP) is 0.416. The van der Waals surface area contributed by atoms with E-state index in [1.54, 1.807) is 30.3 Å². The summed E-state index contributed by atoms with van der Waals surface area (Å²) in [6.45, 7) is 3.02. The SMILES string of the molecule is C=CC(C(=O)OC)N1C(=O)C(NC(=O)COc2ccccc2)C1F. The van der Waals surface area contributed by atoms with Crippen LogP contribution in [0.5, 0.6) is 5.75 Å². The van der Waals surface area contributed by atoms with Gasteiger partial charge in [-0.1, -0.05) is 24.3 Å². The van der Waals surface area contributed by atoms with E-state index in [1.165, 1.54) is 0 Å². The first-order valence-corrected chi connectivity index (χ1v) is 7.13. The maximum absolute atomic E-state index is 14.1. The number of ether oxygens (including phenoxy) is 2. The molecule has 1 aromatic rings. The molecule has 0 radical (unpaired) electrons. The summed E-state index contributed by atoms with van der Waals surface area (Å²) in [5.74, 6) is -1.71. The maximum atomic E-state index is 14.1. The molecule has 24 heavy (non-hydrogen) atoms. The van der Waals surface area contributed by atoms with Crippen LogP contribution < -0.4 is 10.1 Å². The molecule has 1 N–H and O–H groups in total. The zero-order valence-electron chi connectivity index (χ0n) is 13.0. The number of nitrogens with zero attached hydrogens (tertiary/aromatic N) is 1. The number of benzene rings is 1. The van der Waals surface area contributed by atoms with E-state index < -0.39 is 36.2 Å². The fraction of sp³-hybridized carbons (Fsp3) is 0.312. The molecule has 1 saturated heterocycles. The van der Waals surface area contributed by atoms with Crippen LogP contribution in [0.1, 0.15) is 0 Å². The zero-order chi connectivity index (χ0) is 17.7. The lowest BCUT2D eigenvalue weighted by Gasteiger charge is -2.44. The van der Waals surface area contributed by atoms with Crippen molar-refractivity contribution in [3.05, 3.63) is 43.0 Å². The third-order valence-corrected chi connectivity index (χ3v) is 3.46. The Bertz CT molecular complexity index is 637. The van der Waals surface area contributed by atoms with Gasteiger partial charge < -0.3 is 14.8 Å². The molecule has 1 aliphatic heterocycles. The molecule has 2 amide bonds. The molecule has 1 aromatic carbocycles. The highest BCUT2D eigenvalue weighted by molar-refractivity contribution is 5.96. The first kappa shape index (κ1) is 17.5. The van der Waals surface area contributed by atoms with Crippen LogP contribution in [-0.4, -0.2) is 54.8 Å². The molecule has 3 unspecified atom stereocenters. The van der Waals surface area contributed by atoms with Crippen molar-refractivity contribution in [3.8, 4) is 5.75 Å². The fourth-order valence-corrected chi connectivity index (χ4v) is 2.22. The molecule has 0 aliphatic carbocycles. The predicted molar refractivity (Wildman–Crippen MR) is 81.6 cm³/mol. The minimum Gasteiger partial charge on any atom is -0.484 e. The first-order valence-electron chi connectivity index (χ1n) is 7.13. The fourth-order valence-electron chi connectivity index (χ4n) is 2.22. The van der Waals surface area contributed by atoms with Gasteiger partial charge in [-0.2, -0.15) is 0 Å². The Labute approximate surface area is 138 Å². The molecule has 128 valence electrons. The Hall–Kier alpha value is -2.90. The lowest BCUT2D eigenvalue weighted by molar-refractivity contribution is -0.175. The van der Waals surface area contributed by atoms with Gasteiger partial charge in [0.25, 0.3) is 11.8 Å². The van der Waals surface area contributed by atoms with Crippen molar-refractivity contribution in [2.24, 2.45) is 0 Å². The number of likely N-dealkylation sites (tertiary alicyclic amines) is 1. The molecule has 0 aromatic heterocycles. The number of β-lactam (4-membered cyclic amide) rings is 1. The second-order valence-corrected chi connectivity index (χ2v) is 4.97. The highest BCUT2D eigenvalue weighted by Crippen LogP contribution is 2.25. The van der Waals surface area contributed by atoms with Gasteiger partial charge in [-0.15, -0.1) is 6.58 Å². The van der Waals surface area contributed by atoms with E-state index in [9.17, 15) is 18.8 Å². The summed E-state index contributed by atoms with van der Waals surface area (Å²) < 4.78 is 23.8. The molecule has 0 bridgehead atoms. The van der Waals surface area contributed by atoms with E-state index in [0.29, 0.717) is 10.6 Å². The van der Waals surface area contributed by atoms with Crippen molar-refractivity contribution in [2.45, 2.75) is 18.4 Å². The van der Waals surface area contributed by atoms with Crippen molar-refractivity contribution in [1.29, 1.82) is 0 Å². The summed E-state index contributed by atoms with van der Waals surface area (Å²) in [4.78, 5) is 35.9. The van der Waals surface area contributed by atoms with Crippen molar-refractivity contribution in [2.75, 3.05) is 13.7 Å². The van der Waals surface area contributed by atoms with Gasteiger partial charge in [0.05, 0.1) is 7.11 Å². The molecule has 2 rings (SSSR count). The van der Waals surface area contributed by atoms with Gasteiger partial charge in [-0.25, -0.2) is 9.18 Å². The Morgan fingerprint density at radius 1 is 1.42 bits per heavy atom. The highest BCUT2D eigenvalue weighted by Gasteiger charge is 2.53. The second-order valence-electron chi connectivity index (χ2n) is 4.97. The lowest BCUT2D eigenvalue weighted by atomic mass is 10.0. The number of hydrogen-bond donors (Lipinski definition) is 1. The molecule has 1 heterocycles. The molecule has 7 nitrogen and oxygen atoms in total. The number of esters is 1. The standard InChI is InChI=1S/C16H17FN2O5/c1-3-11(16(22)23-2)19-14(17)13(15(19)21)18-12(20)9-24-10-7-5-4-6-8-10/h3-8,11,13-14H,1,9H2,2H3,(H,18,20). The normalized spacial score (nSPS) is 20.6. The van der Waals surface area contributed by atoms with E-state index in [1.807, 2.05) is 0 Å². The van der Waals surface area contributed by atoms with Crippen LogP contribution in [0.15, 0.2) is 43.0 Å². The summed E-state index contributed by atoms with van der Waals surface area (Å²) in [5.41, 5.74) is 0. The van der Waals surface area contributed by atoms with E-state index >= 15 is 0 Å². The topological polar surface area (TPSA) is 84.9 Å². The van der Waals surface area contributed by atoms with Gasteiger partial charge in [0.2, 0.25) is 6.30 Å². The third kappa shape index (κ3) is 3.53. The van der Waals surface area contributed by atoms with Crippen LogP contribution >= 0.6 is 0 Å². The Morgan fingerprint density at radius 2 is 2.08 bits per heavy atom. The maximum Gasteiger partial charge on any atom is 0.332 e. The first-order chi connectivity index (χ1) is 11.5. The third-order valence-electron chi connectivity index (χ3n) is 3.46. The Kier molecular flexibility index (Phi) is 5.51. The number of para-hydroxylation sites is 1. The second kappa shape index (κ2) is 7.58. The Morgan fingerprint density at radius 3 is 2.62 bits per heavy atom. The number of carbonyl (C=O) groups excluding carboxylic acids is 3. The van der Waals surface area contributed by atoms with E-state index in [0.717, 1.165) is 13.2 Å². The molecule has 1 fully saturated rings. The number of methoxy groups -OCH3 is 1. The van der Waals surface area contributed by atoms with Gasteiger partial charge in [0.1, 0.15) is 5.75 Å². The van der Waals surface area contributed by atoms with Gasteiger partial charge in [-0.3, -0.25) is 14.5 Å². The van der Waals surface area contributed by atoms with Crippen LogP contribution in [-0.2, 0) is 19.1 Å². The van der Waals surface area contributed by atoms with Gasteiger partial charge in [0.15, 0.2) is 18.7 Å². The molecular weight excluding hydrogens is 319 g/mol. The van der Waals surface area contributed by atoms with Crippen molar-refractivity contribution < 1.29 is 28.2 Å². The van der Waals surface area contributed by atoms with Crippen LogP contribution in [0.2, 0.25) is 0 Å². The monoisotopic (exact) mass is 336 g/mol. The quantitative estimate of drug-likeness (QED) is 0.337. The summed E-state index contributed by atoms with van der Waals surface area (Å²) in [6, 6.07) is 5.99. The molecular formula is C16H17FN2O5. The van der Waals surface area contributed by atoms with Crippen LogP contribution in [0.3, 0.4) is 0 Å². The largest absolute Gasteiger partial charge is 0.484 e. The average molecular weight is 336 g/mol. The van der Waals surface area contributed by atoms with Gasteiger partial charge in [-0.05, 0) is 12.1 Å². The summed E-state index contributed by atoms with van der Waals surface area (Å²) in [6.07, 6.45) is -0.743. The number of rotatable bonds is 7. The molecule has 0 spiro atoms. The Balaban J connectivity index is 1.88. The van der Waals surface area contributed by atoms with Crippen molar-refractivity contribution in [1.82, 2.24) is 10.2 Å². The number of alkyl halides is 1. The summed E-state index contributed by atoms with van der Waals surface area (Å²) in [5, 5.41) is 2.24. The number of nitrogens with one attached hydrogen (secondary N) is 1. The lowest BCUT2D eigenvalue weighted by Crippen LogP contribution is -2.72. The van der Waals surface area contributed by atoms with Gasteiger partial charge >= 0.3 is 5.97 Å². The summed E-state index contributed by atoms with van der Waals surface area (Å²) >= 11 is 0. The minimum atomic E-state index is -1.85. The molecule has 8 heteroatoms. The van der Waals surface area contributed by atoms with E-state index in [4.69, 9.17) is 4.74 Å². The van der Waals surface area contributed by atoms with Gasteiger partial charge in [0, 0.05) is 0 Å². The zero-order valence-corrected chi connectivity index (χ0v) is 13.0. The average Bonchev–Trinajstić information content (AvgIpc) is 2.62. The van der Waals surface area contributed by atoms with Crippen molar-refractivity contribution in [3.63, 3.8) is 0 Å². The number of halogens is 1. The van der Waals surface area contributed by atoms with Crippen LogP contribution in [0, 0.1) is 0 Å². The molecule has 3 atom stereocenters. The van der Waals surface area contributed by atoms with E-state index in [2.05, 4.69) is 16.6 Å². The number of hydrogen-bond acceptors (Lipinski definition) is 5.